The van der Waals surface area contributed by atoms with Gasteiger partial charge in [0.25, 0.3) is 0 Å². The van der Waals surface area contributed by atoms with E-state index >= 15 is 0 Å². The van der Waals surface area contributed by atoms with E-state index in [1.54, 1.807) is 19.2 Å². The number of amides is 6. The number of unbranched alkanes of at least 4 members (excludes halogenated alkanes) is 5. The van der Waals surface area contributed by atoms with Gasteiger partial charge in [-0.15, -0.1) is 0 Å². The van der Waals surface area contributed by atoms with Crippen LogP contribution in [0.15, 0.2) is 66.7 Å². The first-order valence-corrected chi connectivity index (χ1v) is 27.3. The monoisotopic (exact) mass is 1050 g/mol. The fourth-order valence-corrected chi connectivity index (χ4v) is 9.46. The Labute approximate surface area is 445 Å². The summed E-state index contributed by atoms with van der Waals surface area (Å²) in [6, 6.07) is 14.6. The highest BCUT2D eigenvalue weighted by atomic mass is 16.4. The number of carboxylic acids is 2. The maximum atomic E-state index is 13.8. The molecule has 6 amide bonds. The summed E-state index contributed by atoms with van der Waals surface area (Å²) < 4.78 is 0. The maximum Gasteiger partial charge on any atom is 0.326 e. The first-order valence-electron chi connectivity index (χ1n) is 27.3. The van der Waals surface area contributed by atoms with E-state index in [-0.39, 0.29) is 73.1 Å². The molecule has 0 aromatic heterocycles. The quantitative estimate of drug-likeness (QED) is 0.0321. The van der Waals surface area contributed by atoms with E-state index in [1.165, 1.54) is 12.1 Å². The van der Waals surface area contributed by atoms with Crippen LogP contribution in [0.1, 0.15) is 140 Å². The van der Waals surface area contributed by atoms with Crippen LogP contribution in [0.5, 0.6) is 5.75 Å². The third kappa shape index (κ3) is 20.7. The molecule has 5 unspecified atom stereocenters. The van der Waals surface area contributed by atoms with Gasteiger partial charge in [-0.2, -0.15) is 0 Å². The molecule has 2 saturated carbocycles. The fraction of sp³-hybridized carbons (Fsp3) is 0.561. The number of rotatable bonds is 36. The van der Waals surface area contributed by atoms with Crippen molar-refractivity contribution in [2.45, 2.75) is 171 Å². The van der Waals surface area contributed by atoms with E-state index in [9.17, 15) is 58.5 Å². The zero-order valence-electron chi connectivity index (χ0n) is 43.9. The van der Waals surface area contributed by atoms with Gasteiger partial charge >= 0.3 is 18.0 Å². The molecule has 10 N–H and O–H groups in total. The van der Waals surface area contributed by atoms with Crippen molar-refractivity contribution in [2.24, 2.45) is 11.8 Å². The number of phenols is 1. The highest BCUT2D eigenvalue weighted by Gasteiger charge is 2.35. The SMILES string of the molecule is CNC(Cc1ccc(O)cc1)C(=O)NC(Cc1ccc2ccccc2c1)C(=O)NC(CCCCNC(=O)CCCCCCC(=O)NCCCCC(NC(=O)NC(CCC(=O)O)C(=O)C1CCC1)C(=O)C1CCC1)C(=O)O. The van der Waals surface area contributed by atoms with Crippen LogP contribution in [0, 0.1) is 11.8 Å². The number of likely N-dealkylation sites (N-methyl/N-ethyl adjacent to an activating group) is 1. The molecule has 0 aliphatic heterocycles. The number of urea groups is 1. The predicted octanol–water partition coefficient (Wildman–Crippen LogP) is 5.53. The molecular formula is C57H79N7O12. The third-order valence-corrected chi connectivity index (χ3v) is 14.5. The summed E-state index contributed by atoms with van der Waals surface area (Å²) in [6.45, 7) is 0.734. The summed E-state index contributed by atoms with van der Waals surface area (Å²) >= 11 is 0. The molecule has 3 aromatic carbocycles. The van der Waals surface area contributed by atoms with Crippen molar-refractivity contribution in [1.29, 1.82) is 0 Å². The van der Waals surface area contributed by atoms with E-state index in [0.717, 1.165) is 73.3 Å². The lowest BCUT2D eigenvalue weighted by atomic mass is 9.79. The average Bonchev–Trinajstić information content (AvgIpc) is 3.35. The molecule has 0 saturated heterocycles. The second-order valence-corrected chi connectivity index (χ2v) is 20.4. The Morgan fingerprint density at radius 2 is 1.01 bits per heavy atom. The number of fused-ring (bicyclic) bond motifs is 1. The Morgan fingerprint density at radius 1 is 0.513 bits per heavy atom. The van der Waals surface area contributed by atoms with Crippen LogP contribution in [0.25, 0.3) is 10.8 Å². The molecule has 2 aliphatic carbocycles. The van der Waals surface area contributed by atoms with E-state index < -0.39 is 60.0 Å². The number of carboxylic acid groups (broad SMARTS) is 2. The standard InChI is InChI=1S/C57H79N7O12/c1-58-47(35-37-25-28-43(65)29-26-37)54(72)62-48(36-38-24-27-39-14-6-7-15-42(39)34-38)55(73)61-46(56(74)75)21-9-11-33-60-50(67)23-5-3-2-4-22-49(66)59-32-10-8-20-44(52(70)40-16-12-17-40)63-57(76)64-45(30-31-51(68)69)53(71)41-18-13-19-41/h6-7,14-15,24-29,34,40-41,44-48,58,65H,2-5,8-13,16-23,30-33,35-36H2,1H3,(H,59,66)(H,60,67)(H,61,73)(H,62,72)(H,68,69)(H,74,75)(H2,63,64,76). The topological polar surface area (TPSA) is 299 Å². The number of Topliss-reactive ketones (excluding diaryl/α,β-unsaturated/α-hetero) is 2. The number of nitrogens with one attached hydrogen (secondary N) is 7. The first kappa shape index (κ1) is 60.0. The van der Waals surface area contributed by atoms with Crippen molar-refractivity contribution < 1.29 is 58.5 Å². The molecule has 2 fully saturated rings. The lowest BCUT2D eigenvalue weighted by molar-refractivity contribution is -0.142. The number of aliphatic carboxylic acids is 2. The Morgan fingerprint density at radius 3 is 1.54 bits per heavy atom. The molecule has 3 aromatic rings. The maximum absolute atomic E-state index is 13.8. The number of ketones is 2. The minimum absolute atomic E-state index is 0.0156. The number of hydrogen-bond acceptors (Lipinski definition) is 11. The van der Waals surface area contributed by atoms with Crippen LogP contribution < -0.4 is 37.2 Å². The van der Waals surface area contributed by atoms with Crippen LogP contribution in [-0.2, 0) is 51.2 Å². The van der Waals surface area contributed by atoms with Gasteiger partial charge in [-0.05, 0) is 131 Å². The van der Waals surface area contributed by atoms with Crippen LogP contribution in [0.2, 0.25) is 0 Å². The second-order valence-electron chi connectivity index (χ2n) is 20.4. The Hall–Kier alpha value is -6.89. The molecule has 0 heterocycles. The second kappa shape index (κ2) is 31.9. The van der Waals surface area contributed by atoms with Crippen molar-refractivity contribution in [1.82, 2.24) is 37.2 Å². The molecule has 2 aliphatic rings. The lowest BCUT2D eigenvalue weighted by Crippen LogP contribution is -2.56. The fourth-order valence-electron chi connectivity index (χ4n) is 9.46. The molecule has 0 spiro atoms. The van der Waals surface area contributed by atoms with Gasteiger partial charge in [-0.1, -0.05) is 80.3 Å². The molecule has 5 atom stereocenters. The first-order chi connectivity index (χ1) is 36.6. The van der Waals surface area contributed by atoms with Crippen molar-refractivity contribution in [2.75, 3.05) is 20.1 Å². The Kier molecular flexibility index (Phi) is 25.2. The molecule has 414 valence electrons. The van der Waals surface area contributed by atoms with Gasteiger partial charge in [0.1, 0.15) is 17.8 Å². The largest absolute Gasteiger partial charge is 0.508 e. The highest BCUT2D eigenvalue weighted by molar-refractivity contribution is 5.94. The molecule has 5 rings (SSSR count). The summed E-state index contributed by atoms with van der Waals surface area (Å²) in [4.78, 5) is 115. The minimum Gasteiger partial charge on any atom is -0.508 e. The number of phenolic OH excluding ortho intramolecular Hbond substituents is 1. The Bertz CT molecular complexity index is 2420. The predicted molar refractivity (Wildman–Crippen MR) is 286 cm³/mol. The number of aromatic hydroxyl groups is 1. The highest BCUT2D eigenvalue weighted by Crippen LogP contribution is 2.30. The zero-order chi connectivity index (χ0) is 54.8. The number of carbonyl (C=O) groups is 9. The third-order valence-electron chi connectivity index (χ3n) is 14.5. The number of carbonyl (C=O) groups excluding carboxylic acids is 7. The van der Waals surface area contributed by atoms with Crippen LogP contribution >= 0.6 is 0 Å². The molecule has 76 heavy (non-hydrogen) atoms. The van der Waals surface area contributed by atoms with Crippen LogP contribution in [0.3, 0.4) is 0 Å². The van der Waals surface area contributed by atoms with E-state index in [1.807, 2.05) is 42.5 Å². The van der Waals surface area contributed by atoms with Gasteiger partial charge in [0, 0.05) is 50.6 Å². The Balaban J connectivity index is 0.948. The lowest BCUT2D eigenvalue weighted by Gasteiger charge is -2.31. The van der Waals surface area contributed by atoms with Gasteiger partial charge < -0.3 is 52.5 Å². The van der Waals surface area contributed by atoms with Crippen molar-refractivity contribution >= 4 is 63.9 Å². The zero-order valence-corrected chi connectivity index (χ0v) is 43.9. The van der Waals surface area contributed by atoms with E-state index in [2.05, 4.69) is 37.2 Å². The summed E-state index contributed by atoms with van der Waals surface area (Å²) in [5, 5.41) is 50.6. The van der Waals surface area contributed by atoms with Gasteiger partial charge in [0.05, 0.1) is 18.1 Å². The van der Waals surface area contributed by atoms with E-state index in [4.69, 9.17) is 0 Å². The number of hydrogen-bond donors (Lipinski definition) is 10. The normalized spacial score (nSPS) is 15.3. The summed E-state index contributed by atoms with van der Waals surface area (Å²) in [7, 11) is 1.63. The van der Waals surface area contributed by atoms with Crippen molar-refractivity contribution in [3.63, 3.8) is 0 Å². The van der Waals surface area contributed by atoms with Crippen LogP contribution in [0.4, 0.5) is 4.79 Å². The summed E-state index contributed by atoms with van der Waals surface area (Å²) in [5.74, 6) is -4.03. The van der Waals surface area contributed by atoms with E-state index in [0.29, 0.717) is 70.9 Å². The van der Waals surface area contributed by atoms with Crippen LogP contribution in [-0.4, -0.2) is 119 Å². The summed E-state index contributed by atoms with van der Waals surface area (Å²) in [5.41, 5.74) is 1.56. The molecule has 0 bridgehead atoms. The smallest absolute Gasteiger partial charge is 0.326 e. The summed E-state index contributed by atoms with van der Waals surface area (Å²) in [6.07, 6.45) is 10.9. The molecule has 19 heteroatoms. The number of benzene rings is 3. The van der Waals surface area contributed by atoms with Crippen molar-refractivity contribution in [3.8, 4) is 5.75 Å². The molecular weight excluding hydrogens is 975 g/mol. The van der Waals surface area contributed by atoms with Gasteiger partial charge in [-0.3, -0.25) is 33.6 Å². The van der Waals surface area contributed by atoms with Gasteiger partial charge in [-0.25, -0.2) is 9.59 Å². The van der Waals surface area contributed by atoms with Gasteiger partial charge in [0.2, 0.25) is 23.6 Å². The van der Waals surface area contributed by atoms with Crippen molar-refractivity contribution in [3.05, 3.63) is 77.9 Å². The molecule has 19 nitrogen and oxygen atoms in total. The average molecular weight is 1050 g/mol. The minimum atomic E-state index is -1.23. The molecule has 0 radical (unpaired) electrons. The van der Waals surface area contributed by atoms with Gasteiger partial charge in [0.15, 0.2) is 11.6 Å².